The highest BCUT2D eigenvalue weighted by atomic mass is 16.3. The van der Waals surface area contributed by atoms with Crippen LogP contribution in [0.4, 0.5) is 0 Å². The Morgan fingerprint density at radius 1 is 0.917 bits per heavy atom. The van der Waals surface area contributed by atoms with E-state index in [0.29, 0.717) is 0 Å². The molecule has 1 rings (SSSR count). The molecule has 74 valence electrons. The third-order valence-corrected chi connectivity index (χ3v) is 1.38. The fourth-order valence-corrected chi connectivity index (χ4v) is 0.661. The van der Waals surface area contributed by atoms with Gasteiger partial charge in [-0.05, 0) is 0 Å². The molecule has 5 nitrogen and oxygen atoms in total. The molecule has 1 heterocycles. The van der Waals surface area contributed by atoms with Crippen LogP contribution in [0.3, 0.4) is 0 Å². The third-order valence-electron chi connectivity index (χ3n) is 1.38. The number of hydrogen-bond acceptors (Lipinski definition) is 5. The summed E-state index contributed by atoms with van der Waals surface area (Å²) in [4.78, 5) is 0. The Labute approximate surface area is 72.4 Å². The number of hydrogen-bond donors (Lipinski definition) is 5. The molecule has 0 spiro atoms. The quantitative estimate of drug-likeness (QED) is 0.323. The van der Waals surface area contributed by atoms with Gasteiger partial charge < -0.3 is 26.0 Å². The van der Waals surface area contributed by atoms with Gasteiger partial charge in [0, 0.05) is 26.2 Å². The summed E-state index contributed by atoms with van der Waals surface area (Å²) >= 11 is 0. The predicted molar refractivity (Wildman–Crippen MR) is 45.9 cm³/mol. The lowest BCUT2D eigenvalue weighted by Crippen LogP contribution is -2.39. The Morgan fingerprint density at radius 3 is 1.33 bits per heavy atom. The zero-order valence-electron chi connectivity index (χ0n) is 7.16. The minimum absolute atomic E-state index is 0.365. The van der Waals surface area contributed by atoms with E-state index in [9.17, 15) is 0 Å². The van der Waals surface area contributed by atoms with Crippen LogP contribution in [0.5, 0.6) is 0 Å². The topological polar surface area (TPSA) is 84.8 Å². The molecule has 0 aromatic carbocycles. The van der Waals surface area contributed by atoms with Gasteiger partial charge in [0.2, 0.25) is 0 Å². The van der Waals surface area contributed by atoms with E-state index in [2.05, 4.69) is 10.6 Å². The predicted octanol–water partition coefficient (Wildman–Crippen LogP) is -2.49. The lowest BCUT2D eigenvalue weighted by Gasteiger charge is -2.11. The van der Waals surface area contributed by atoms with Crippen molar-refractivity contribution in [2.75, 3.05) is 39.4 Å². The minimum atomic E-state index is -0.954. The van der Waals surface area contributed by atoms with Crippen molar-refractivity contribution >= 4 is 0 Å². The summed E-state index contributed by atoms with van der Waals surface area (Å²) in [5.74, 6) is 0. The summed E-state index contributed by atoms with van der Waals surface area (Å²) in [7, 11) is 0. The molecule has 1 aliphatic rings. The summed E-state index contributed by atoms with van der Waals surface area (Å²) in [5, 5.41) is 30.5. The van der Waals surface area contributed by atoms with Crippen molar-refractivity contribution in [1.29, 1.82) is 0 Å². The zero-order chi connectivity index (χ0) is 9.23. The van der Waals surface area contributed by atoms with E-state index in [-0.39, 0.29) is 13.2 Å². The van der Waals surface area contributed by atoms with E-state index in [0.717, 1.165) is 26.2 Å². The first kappa shape index (κ1) is 11.8. The Morgan fingerprint density at radius 2 is 1.25 bits per heavy atom. The number of piperazine rings is 1. The van der Waals surface area contributed by atoms with Crippen LogP contribution in [-0.4, -0.2) is 60.8 Å². The van der Waals surface area contributed by atoms with Crippen LogP contribution in [0, 0.1) is 0 Å². The average molecular weight is 178 g/mol. The first-order valence-electron chi connectivity index (χ1n) is 4.12. The van der Waals surface area contributed by atoms with E-state index in [4.69, 9.17) is 15.3 Å². The standard InChI is InChI=1S/C4H10N2.C3H8O3/c1-2-6-4-3-5-1;4-1-3(6)2-5/h5-6H,1-4H2;3-6H,1-2H2. The van der Waals surface area contributed by atoms with E-state index in [1.807, 2.05) is 0 Å². The number of rotatable bonds is 2. The van der Waals surface area contributed by atoms with Gasteiger partial charge in [0.1, 0.15) is 6.10 Å². The highest BCUT2D eigenvalue weighted by molar-refractivity contribution is 4.59. The summed E-state index contributed by atoms with van der Waals surface area (Å²) in [5.41, 5.74) is 0. The normalized spacial score (nSPS) is 17.0. The van der Waals surface area contributed by atoms with Gasteiger partial charge >= 0.3 is 0 Å². The fourth-order valence-electron chi connectivity index (χ4n) is 0.661. The molecule has 0 aromatic rings. The summed E-state index contributed by atoms with van der Waals surface area (Å²) < 4.78 is 0. The maximum atomic E-state index is 8.17. The fraction of sp³-hybridized carbons (Fsp3) is 1.00. The summed E-state index contributed by atoms with van der Waals surface area (Å²) in [6.45, 7) is 3.83. The van der Waals surface area contributed by atoms with Crippen molar-refractivity contribution in [2.24, 2.45) is 0 Å². The molecule has 5 heteroatoms. The lowest BCUT2D eigenvalue weighted by atomic mass is 10.4. The Bertz CT molecular complexity index is 73.2. The van der Waals surface area contributed by atoms with Crippen molar-refractivity contribution in [2.45, 2.75) is 6.10 Å². The number of aliphatic hydroxyl groups excluding tert-OH is 3. The van der Waals surface area contributed by atoms with E-state index in [1.165, 1.54) is 0 Å². The first-order valence-corrected chi connectivity index (χ1v) is 4.12. The van der Waals surface area contributed by atoms with Crippen LogP contribution < -0.4 is 10.6 Å². The first-order chi connectivity index (χ1) is 5.81. The number of nitrogens with one attached hydrogen (secondary N) is 2. The van der Waals surface area contributed by atoms with Crippen LogP contribution in [0.1, 0.15) is 0 Å². The Balaban J connectivity index is 0.000000202. The molecule has 0 amide bonds. The van der Waals surface area contributed by atoms with Crippen LogP contribution in [0.2, 0.25) is 0 Å². The average Bonchev–Trinajstić information content (AvgIpc) is 2.20. The molecule has 1 saturated heterocycles. The van der Waals surface area contributed by atoms with Crippen molar-refractivity contribution in [3.8, 4) is 0 Å². The second-order valence-electron chi connectivity index (χ2n) is 2.52. The largest absolute Gasteiger partial charge is 0.394 e. The second kappa shape index (κ2) is 8.89. The zero-order valence-corrected chi connectivity index (χ0v) is 7.16. The maximum Gasteiger partial charge on any atom is 0.100 e. The van der Waals surface area contributed by atoms with Crippen LogP contribution in [-0.2, 0) is 0 Å². The lowest BCUT2D eigenvalue weighted by molar-refractivity contribution is 0.0450. The molecule has 0 saturated carbocycles. The van der Waals surface area contributed by atoms with Crippen LogP contribution in [0.25, 0.3) is 0 Å². The molecule has 0 unspecified atom stereocenters. The highest BCUT2D eigenvalue weighted by Crippen LogP contribution is 1.71. The minimum Gasteiger partial charge on any atom is -0.394 e. The van der Waals surface area contributed by atoms with Crippen molar-refractivity contribution in [1.82, 2.24) is 10.6 Å². The summed E-state index contributed by atoms with van der Waals surface area (Å²) in [6, 6.07) is 0. The second-order valence-corrected chi connectivity index (χ2v) is 2.52. The molecular weight excluding hydrogens is 160 g/mol. The van der Waals surface area contributed by atoms with E-state index >= 15 is 0 Å². The SMILES string of the molecule is C1CNCCN1.OCC(O)CO. The van der Waals surface area contributed by atoms with Crippen molar-refractivity contribution in [3.63, 3.8) is 0 Å². The molecule has 0 atom stereocenters. The summed E-state index contributed by atoms with van der Waals surface area (Å²) in [6.07, 6.45) is -0.954. The van der Waals surface area contributed by atoms with E-state index in [1.54, 1.807) is 0 Å². The van der Waals surface area contributed by atoms with Gasteiger partial charge in [-0.2, -0.15) is 0 Å². The molecular formula is C7H18N2O3. The van der Waals surface area contributed by atoms with Gasteiger partial charge in [-0.15, -0.1) is 0 Å². The molecule has 1 fully saturated rings. The van der Waals surface area contributed by atoms with Gasteiger partial charge in [-0.25, -0.2) is 0 Å². The molecule has 5 N–H and O–H groups in total. The molecule has 12 heavy (non-hydrogen) atoms. The molecule has 0 bridgehead atoms. The maximum absolute atomic E-state index is 8.17. The van der Waals surface area contributed by atoms with Gasteiger partial charge in [0.05, 0.1) is 13.2 Å². The van der Waals surface area contributed by atoms with Gasteiger partial charge in [-0.3, -0.25) is 0 Å². The van der Waals surface area contributed by atoms with Crippen molar-refractivity contribution < 1.29 is 15.3 Å². The highest BCUT2D eigenvalue weighted by Gasteiger charge is 1.93. The van der Waals surface area contributed by atoms with Crippen LogP contribution >= 0.6 is 0 Å². The van der Waals surface area contributed by atoms with Gasteiger partial charge in [0.15, 0.2) is 0 Å². The molecule has 0 aliphatic carbocycles. The molecule has 1 aliphatic heterocycles. The molecule has 0 radical (unpaired) electrons. The van der Waals surface area contributed by atoms with Crippen LogP contribution in [0.15, 0.2) is 0 Å². The number of aliphatic hydroxyl groups is 3. The third kappa shape index (κ3) is 7.90. The smallest absolute Gasteiger partial charge is 0.100 e. The Hall–Kier alpha value is -0.200. The monoisotopic (exact) mass is 178 g/mol. The van der Waals surface area contributed by atoms with Gasteiger partial charge in [-0.1, -0.05) is 0 Å². The van der Waals surface area contributed by atoms with Gasteiger partial charge in [0.25, 0.3) is 0 Å². The van der Waals surface area contributed by atoms with Crippen molar-refractivity contribution in [3.05, 3.63) is 0 Å². The van der Waals surface area contributed by atoms with E-state index < -0.39 is 6.10 Å². The molecule has 0 aromatic heterocycles. The Kier molecular flexibility index (Phi) is 8.74.